The molecule has 120 valence electrons. The number of aromatic nitrogens is 2. The standard InChI is InChI=1S/C19H16N2O3/c1-11-6-8-12(9-7-11)17-20-18(22)14-10-13-4-3-5-15(23-2)16(13)24-19(14)21-17/h3-9H,10H2,1-2H3,(H,20,21,22). The van der Waals surface area contributed by atoms with Gasteiger partial charge in [-0.15, -0.1) is 0 Å². The third-order valence-electron chi connectivity index (χ3n) is 4.15. The van der Waals surface area contributed by atoms with E-state index < -0.39 is 0 Å². The third-order valence-corrected chi connectivity index (χ3v) is 4.15. The van der Waals surface area contributed by atoms with Crippen LogP contribution in [0.3, 0.4) is 0 Å². The van der Waals surface area contributed by atoms with E-state index in [1.807, 2.05) is 49.4 Å². The van der Waals surface area contributed by atoms with Crippen LogP contribution in [0.4, 0.5) is 0 Å². The molecule has 5 nitrogen and oxygen atoms in total. The Labute approximate surface area is 138 Å². The van der Waals surface area contributed by atoms with Gasteiger partial charge in [0, 0.05) is 17.5 Å². The van der Waals surface area contributed by atoms with E-state index in [2.05, 4.69) is 9.97 Å². The molecule has 4 rings (SSSR count). The summed E-state index contributed by atoms with van der Waals surface area (Å²) < 4.78 is 11.3. The van der Waals surface area contributed by atoms with E-state index in [9.17, 15) is 4.79 Å². The molecule has 1 N–H and O–H groups in total. The Morgan fingerprint density at radius 2 is 1.96 bits per heavy atom. The van der Waals surface area contributed by atoms with Crippen molar-refractivity contribution in [3.05, 3.63) is 69.5 Å². The number of H-pyrrole nitrogens is 1. The monoisotopic (exact) mass is 320 g/mol. The Bertz CT molecular complexity index is 975. The highest BCUT2D eigenvalue weighted by Gasteiger charge is 2.24. The summed E-state index contributed by atoms with van der Waals surface area (Å²) in [4.78, 5) is 19.9. The SMILES string of the molecule is COc1cccc2c1Oc1nc(-c3ccc(C)cc3)[nH]c(=O)c1C2. The largest absolute Gasteiger partial charge is 0.493 e. The van der Waals surface area contributed by atoms with Crippen LogP contribution in [0.25, 0.3) is 11.4 Å². The summed E-state index contributed by atoms with van der Waals surface area (Å²) in [5, 5.41) is 0. The lowest BCUT2D eigenvalue weighted by atomic mass is 10.0. The molecule has 1 aliphatic rings. The van der Waals surface area contributed by atoms with Gasteiger partial charge in [-0.2, -0.15) is 4.98 Å². The Hall–Kier alpha value is -3.08. The number of fused-ring (bicyclic) bond motifs is 2. The number of nitrogens with zero attached hydrogens (tertiary/aromatic N) is 1. The van der Waals surface area contributed by atoms with E-state index in [0.29, 0.717) is 35.2 Å². The molecule has 2 aromatic carbocycles. The fourth-order valence-corrected chi connectivity index (χ4v) is 2.83. The highest BCUT2D eigenvalue weighted by molar-refractivity contribution is 5.59. The second-order valence-electron chi connectivity index (χ2n) is 5.79. The minimum absolute atomic E-state index is 0.177. The van der Waals surface area contributed by atoms with Crippen LogP contribution in [0.15, 0.2) is 47.3 Å². The first-order valence-electron chi connectivity index (χ1n) is 7.69. The number of methoxy groups -OCH3 is 1. The lowest BCUT2D eigenvalue weighted by Crippen LogP contribution is -2.20. The van der Waals surface area contributed by atoms with Gasteiger partial charge in [-0.1, -0.05) is 42.0 Å². The van der Waals surface area contributed by atoms with Crippen molar-refractivity contribution in [3.8, 4) is 28.8 Å². The van der Waals surface area contributed by atoms with Gasteiger partial charge in [0.15, 0.2) is 11.5 Å². The molecule has 1 aliphatic heterocycles. The molecule has 0 saturated heterocycles. The van der Waals surface area contributed by atoms with Gasteiger partial charge in [-0.05, 0) is 13.0 Å². The molecule has 0 aliphatic carbocycles. The van der Waals surface area contributed by atoms with Crippen molar-refractivity contribution in [2.24, 2.45) is 0 Å². The molecule has 24 heavy (non-hydrogen) atoms. The van der Waals surface area contributed by atoms with Gasteiger partial charge in [-0.25, -0.2) is 0 Å². The van der Waals surface area contributed by atoms with E-state index in [-0.39, 0.29) is 5.56 Å². The average Bonchev–Trinajstić information content (AvgIpc) is 2.60. The van der Waals surface area contributed by atoms with Crippen molar-refractivity contribution in [3.63, 3.8) is 0 Å². The van der Waals surface area contributed by atoms with Crippen molar-refractivity contribution in [2.75, 3.05) is 7.11 Å². The summed E-state index contributed by atoms with van der Waals surface area (Å²) in [7, 11) is 1.59. The summed E-state index contributed by atoms with van der Waals surface area (Å²) in [6.45, 7) is 2.01. The Morgan fingerprint density at radius 3 is 2.71 bits per heavy atom. The maximum absolute atomic E-state index is 12.5. The zero-order valence-corrected chi connectivity index (χ0v) is 13.4. The van der Waals surface area contributed by atoms with Gasteiger partial charge in [0.05, 0.1) is 12.7 Å². The van der Waals surface area contributed by atoms with E-state index in [0.717, 1.165) is 16.7 Å². The van der Waals surface area contributed by atoms with E-state index in [4.69, 9.17) is 9.47 Å². The minimum Gasteiger partial charge on any atom is -0.493 e. The van der Waals surface area contributed by atoms with E-state index >= 15 is 0 Å². The minimum atomic E-state index is -0.177. The van der Waals surface area contributed by atoms with Crippen molar-refractivity contribution in [1.82, 2.24) is 9.97 Å². The Balaban J connectivity index is 1.82. The van der Waals surface area contributed by atoms with Gasteiger partial charge in [0.25, 0.3) is 5.56 Å². The first-order valence-corrected chi connectivity index (χ1v) is 7.69. The van der Waals surface area contributed by atoms with Gasteiger partial charge in [0.1, 0.15) is 5.82 Å². The maximum atomic E-state index is 12.5. The summed E-state index contributed by atoms with van der Waals surface area (Å²) >= 11 is 0. The molecule has 0 fully saturated rings. The molecule has 3 aromatic rings. The zero-order valence-electron chi connectivity index (χ0n) is 13.4. The van der Waals surface area contributed by atoms with Crippen molar-refractivity contribution >= 4 is 0 Å². The molecule has 0 amide bonds. The van der Waals surface area contributed by atoms with Crippen LogP contribution < -0.4 is 15.0 Å². The predicted octanol–water partition coefficient (Wildman–Crippen LogP) is 3.45. The van der Waals surface area contributed by atoms with Crippen LogP contribution in [-0.2, 0) is 6.42 Å². The quantitative estimate of drug-likeness (QED) is 0.614. The van der Waals surface area contributed by atoms with Gasteiger partial charge in [0.2, 0.25) is 5.88 Å². The molecular weight excluding hydrogens is 304 g/mol. The fourth-order valence-electron chi connectivity index (χ4n) is 2.83. The normalized spacial score (nSPS) is 12.1. The molecule has 2 heterocycles. The van der Waals surface area contributed by atoms with Crippen LogP contribution >= 0.6 is 0 Å². The lowest BCUT2D eigenvalue weighted by molar-refractivity contribution is 0.365. The first kappa shape index (κ1) is 14.5. The number of aryl methyl sites for hydroxylation is 1. The van der Waals surface area contributed by atoms with Crippen LogP contribution in [0.2, 0.25) is 0 Å². The Kier molecular flexibility index (Phi) is 3.34. The van der Waals surface area contributed by atoms with Crippen LogP contribution in [0.1, 0.15) is 16.7 Å². The molecule has 5 heteroatoms. The summed E-state index contributed by atoms with van der Waals surface area (Å²) in [5.74, 6) is 2.10. The second kappa shape index (κ2) is 5.53. The second-order valence-corrected chi connectivity index (χ2v) is 5.79. The van der Waals surface area contributed by atoms with Gasteiger partial charge < -0.3 is 14.5 Å². The number of para-hydroxylation sites is 1. The summed E-state index contributed by atoms with van der Waals surface area (Å²) in [6.07, 6.45) is 0.471. The summed E-state index contributed by atoms with van der Waals surface area (Å²) in [6, 6.07) is 13.5. The number of aromatic amines is 1. The zero-order chi connectivity index (χ0) is 16.7. The number of hydrogen-bond donors (Lipinski definition) is 1. The molecular formula is C19H16N2O3. The van der Waals surface area contributed by atoms with Crippen molar-refractivity contribution < 1.29 is 9.47 Å². The van der Waals surface area contributed by atoms with E-state index in [1.54, 1.807) is 7.11 Å². The number of ether oxygens (including phenoxy) is 2. The number of rotatable bonds is 2. The van der Waals surface area contributed by atoms with Crippen LogP contribution in [-0.4, -0.2) is 17.1 Å². The molecule has 0 spiro atoms. The highest BCUT2D eigenvalue weighted by atomic mass is 16.5. The molecule has 1 aromatic heterocycles. The first-order chi connectivity index (χ1) is 11.7. The predicted molar refractivity (Wildman–Crippen MR) is 90.9 cm³/mol. The Morgan fingerprint density at radius 1 is 1.17 bits per heavy atom. The highest BCUT2D eigenvalue weighted by Crippen LogP contribution is 2.40. The third kappa shape index (κ3) is 2.34. The molecule has 0 atom stereocenters. The van der Waals surface area contributed by atoms with Gasteiger partial charge >= 0.3 is 0 Å². The average molecular weight is 320 g/mol. The molecule has 0 radical (unpaired) electrons. The smallest absolute Gasteiger partial charge is 0.258 e. The number of benzene rings is 2. The van der Waals surface area contributed by atoms with Crippen LogP contribution in [0, 0.1) is 6.92 Å². The molecule has 0 saturated carbocycles. The maximum Gasteiger partial charge on any atom is 0.258 e. The summed E-state index contributed by atoms with van der Waals surface area (Å²) in [5.41, 5.74) is 3.26. The van der Waals surface area contributed by atoms with Crippen molar-refractivity contribution in [1.29, 1.82) is 0 Å². The van der Waals surface area contributed by atoms with Crippen molar-refractivity contribution in [2.45, 2.75) is 13.3 Å². The lowest BCUT2D eigenvalue weighted by Gasteiger charge is -2.20. The molecule has 0 unspecified atom stereocenters. The number of hydrogen-bond acceptors (Lipinski definition) is 4. The van der Waals surface area contributed by atoms with Gasteiger partial charge in [-0.3, -0.25) is 4.79 Å². The van der Waals surface area contributed by atoms with Crippen LogP contribution in [0.5, 0.6) is 17.4 Å². The molecule has 0 bridgehead atoms. The van der Waals surface area contributed by atoms with E-state index in [1.165, 1.54) is 0 Å². The number of nitrogens with one attached hydrogen (secondary N) is 1. The fraction of sp³-hybridized carbons (Fsp3) is 0.158. The topological polar surface area (TPSA) is 64.2 Å².